The predicted molar refractivity (Wildman–Crippen MR) is 64.4 cm³/mol. The molecule has 0 unspecified atom stereocenters. The van der Waals surface area contributed by atoms with Gasteiger partial charge in [-0.15, -0.1) is 11.6 Å². The maximum Gasteiger partial charge on any atom is 0.226 e. The highest BCUT2D eigenvalue weighted by atomic mass is 35.5. The second kappa shape index (κ2) is 5.89. The molecule has 1 rings (SSSR count). The number of nitrogens with zero attached hydrogens (tertiary/aromatic N) is 2. The van der Waals surface area contributed by atoms with E-state index in [1.807, 2.05) is 30.8 Å². The molecule has 1 heterocycles. The molecular formula is C11H18ClN3O. The molecule has 1 amide bonds. The number of hydrogen-bond donors (Lipinski definition) is 1. The van der Waals surface area contributed by atoms with Crippen molar-refractivity contribution in [3.8, 4) is 0 Å². The standard InChI is InChI=1S/C11H18ClN3O/c1-11(2,9-12)10(16)13-5-3-7-15-8-4-6-14-15/h4,6,8H,3,5,7,9H2,1-2H3,(H,13,16). The van der Waals surface area contributed by atoms with E-state index in [2.05, 4.69) is 10.4 Å². The van der Waals surface area contributed by atoms with Gasteiger partial charge < -0.3 is 5.32 Å². The lowest BCUT2D eigenvalue weighted by molar-refractivity contribution is -0.128. The molecule has 0 aliphatic carbocycles. The molecule has 0 saturated heterocycles. The average Bonchev–Trinajstić information content (AvgIpc) is 2.76. The summed E-state index contributed by atoms with van der Waals surface area (Å²) in [7, 11) is 0. The van der Waals surface area contributed by atoms with Crippen LogP contribution in [0.3, 0.4) is 0 Å². The molecule has 16 heavy (non-hydrogen) atoms. The summed E-state index contributed by atoms with van der Waals surface area (Å²) in [6.45, 7) is 5.14. The number of aromatic nitrogens is 2. The van der Waals surface area contributed by atoms with Crippen LogP contribution < -0.4 is 5.32 Å². The number of nitrogens with one attached hydrogen (secondary N) is 1. The first kappa shape index (κ1) is 13.0. The quantitative estimate of drug-likeness (QED) is 0.610. The molecule has 0 aliphatic rings. The summed E-state index contributed by atoms with van der Waals surface area (Å²) in [6.07, 6.45) is 4.52. The highest BCUT2D eigenvalue weighted by molar-refractivity contribution is 6.19. The maximum atomic E-state index is 11.6. The van der Waals surface area contributed by atoms with Gasteiger partial charge in [-0.2, -0.15) is 5.10 Å². The first-order valence-corrected chi connectivity index (χ1v) is 5.91. The molecule has 0 bridgehead atoms. The fourth-order valence-corrected chi connectivity index (χ4v) is 1.30. The van der Waals surface area contributed by atoms with E-state index in [-0.39, 0.29) is 5.91 Å². The average molecular weight is 244 g/mol. The summed E-state index contributed by atoms with van der Waals surface area (Å²) in [6, 6.07) is 1.88. The summed E-state index contributed by atoms with van der Waals surface area (Å²) in [5.41, 5.74) is -0.493. The van der Waals surface area contributed by atoms with Crippen LogP contribution >= 0.6 is 11.6 Å². The van der Waals surface area contributed by atoms with E-state index >= 15 is 0 Å². The van der Waals surface area contributed by atoms with E-state index in [0.29, 0.717) is 12.4 Å². The Morgan fingerprint density at radius 1 is 1.56 bits per heavy atom. The summed E-state index contributed by atoms with van der Waals surface area (Å²) < 4.78 is 1.85. The van der Waals surface area contributed by atoms with E-state index in [1.54, 1.807) is 6.20 Å². The Bertz CT molecular complexity index is 322. The molecule has 0 fully saturated rings. The topological polar surface area (TPSA) is 46.9 Å². The van der Waals surface area contributed by atoms with Crippen LogP contribution in [0.25, 0.3) is 0 Å². The Labute approximate surface area is 101 Å². The van der Waals surface area contributed by atoms with Crippen molar-refractivity contribution in [2.24, 2.45) is 5.41 Å². The molecule has 1 aromatic heterocycles. The summed E-state index contributed by atoms with van der Waals surface area (Å²) in [5, 5.41) is 6.95. The summed E-state index contributed by atoms with van der Waals surface area (Å²) in [4.78, 5) is 11.6. The van der Waals surface area contributed by atoms with Crippen LogP contribution in [0.15, 0.2) is 18.5 Å². The molecule has 0 spiro atoms. The van der Waals surface area contributed by atoms with Gasteiger partial charge in [0.05, 0.1) is 5.41 Å². The number of aryl methyl sites for hydroxylation is 1. The third-order valence-corrected chi connectivity index (χ3v) is 3.03. The number of halogens is 1. The van der Waals surface area contributed by atoms with Gasteiger partial charge >= 0.3 is 0 Å². The molecule has 5 heteroatoms. The lowest BCUT2D eigenvalue weighted by Crippen LogP contribution is -2.38. The van der Waals surface area contributed by atoms with Crippen LogP contribution in [0.4, 0.5) is 0 Å². The Balaban J connectivity index is 2.18. The zero-order valence-corrected chi connectivity index (χ0v) is 10.5. The second-order valence-corrected chi connectivity index (χ2v) is 4.66. The fraction of sp³-hybridized carbons (Fsp3) is 0.636. The number of hydrogen-bond acceptors (Lipinski definition) is 2. The zero-order chi connectivity index (χ0) is 12.0. The minimum atomic E-state index is -0.493. The number of alkyl halides is 1. The monoisotopic (exact) mass is 243 g/mol. The Hall–Kier alpha value is -1.03. The molecule has 4 nitrogen and oxygen atoms in total. The first-order valence-electron chi connectivity index (χ1n) is 5.38. The molecule has 0 atom stereocenters. The Morgan fingerprint density at radius 2 is 2.31 bits per heavy atom. The highest BCUT2D eigenvalue weighted by Crippen LogP contribution is 2.16. The van der Waals surface area contributed by atoms with Crippen LogP contribution in [-0.4, -0.2) is 28.1 Å². The normalized spacial score (nSPS) is 11.4. The van der Waals surface area contributed by atoms with Crippen molar-refractivity contribution in [1.82, 2.24) is 15.1 Å². The lowest BCUT2D eigenvalue weighted by Gasteiger charge is -2.20. The Kier molecular flexibility index (Phi) is 4.80. The van der Waals surface area contributed by atoms with Gasteiger partial charge in [-0.1, -0.05) is 0 Å². The minimum absolute atomic E-state index is 0.00275. The summed E-state index contributed by atoms with van der Waals surface area (Å²) in [5.74, 6) is 0.334. The van der Waals surface area contributed by atoms with Crippen molar-refractivity contribution < 1.29 is 4.79 Å². The van der Waals surface area contributed by atoms with Crippen molar-refractivity contribution in [3.05, 3.63) is 18.5 Å². The minimum Gasteiger partial charge on any atom is -0.356 e. The Morgan fingerprint density at radius 3 is 2.88 bits per heavy atom. The first-order chi connectivity index (χ1) is 7.56. The van der Waals surface area contributed by atoms with E-state index in [4.69, 9.17) is 11.6 Å². The molecule has 90 valence electrons. The van der Waals surface area contributed by atoms with Gasteiger partial charge in [-0.05, 0) is 26.3 Å². The third kappa shape index (κ3) is 3.85. The van der Waals surface area contributed by atoms with Gasteiger partial charge in [0, 0.05) is 31.4 Å². The molecule has 0 aliphatic heterocycles. The van der Waals surface area contributed by atoms with Crippen LogP contribution in [0.5, 0.6) is 0 Å². The second-order valence-electron chi connectivity index (χ2n) is 4.40. The SMILES string of the molecule is CC(C)(CCl)C(=O)NCCCn1cccn1. The van der Waals surface area contributed by atoms with Crippen LogP contribution in [0, 0.1) is 5.41 Å². The van der Waals surface area contributed by atoms with Gasteiger partial charge in [-0.3, -0.25) is 9.48 Å². The lowest BCUT2D eigenvalue weighted by atomic mass is 9.95. The van der Waals surface area contributed by atoms with E-state index in [0.717, 1.165) is 13.0 Å². The van der Waals surface area contributed by atoms with Crippen molar-refractivity contribution in [2.75, 3.05) is 12.4 Å². The maximum absolute atomic E-state index is 11.6. The molecule has 0 saturated carbocycles. The zero-order valence-electron chi connectivity index (χ0n) is 9.74. The predicted octanol–water partition coefficient (Wildman–Crippen LogP) is 1.65. The highest BCUT2D eigenvalue weighted by Gasteiger charge is 2.25. The molecular weight excluding hydrogens is 226 g/mol. The molecule has 1 aromatic rings. The van der Waals surface area contributed by atoms with Crippen molar-refractivity contribution in [2.45, 2.75) is 26.8 Å². The van der Waals surface area contributed by atoms with Crippen molar-refractivity contribution in [1.29, 1.82) is 0 Å². The fourth-order valence-electron chi connectivity index (χ4n) is 1.18. The van der Waals surface area contributed by atoms with Gasteiger partial charge in [0.15, 0.2) is 0 Å². The number of carbonyl (C=O) groups is 1. The van der Waals surface area contributed by atoms with Gasteiger partial charge in [-0.25, -0.2) is 0 Å². The number of rotatable bonds is 6. The van der Waals surface area contributed by atoms with Gasteiger partial charge in [0.1, 0.15) is 0 Å². The molecule has 0 aromatic carbocycles. The van der Waals surface area contributed by atoms with Gasteiger partial charge in [0.2, 0.25) is 5.91 Å². The number of amides is 1. The van der Waals surface area contributed by atoms with Crippen molar-refractivity contribution in [3.63, 3.8) is 0 Å². The molecule has 1 N–H and O–H groups in total. The smallest absolute Gasteiger partial charge is 0.226 e. The van der Waals surface area contributed by atoms with Crippen LogP contribution in [0.2, 0.25) is 0 Å². The van der Waals surface area contributed by atoms with E-state index in [1.165, 1.54) is 0 Å². The number of carbonyl (C=O) groups excluding carboxylic acids is 1. The van der Waals surface area contributed by atoms with Crippen LogP contribution in [0.1, 0.15) is 20.3 Å². The summed E-state index contributed by atoms with van der Waals surface area (Å²) >= 11 is 5.71. The van der Waals surface area contributed by atoms with Crippen molar-refractivity contribution >= 4 is 17.5 Å². The third-order valence-electron chi connectivity index (χ3n) is 2.36. The van der Waals surface area contributed by atoms with Crippen LogP contribution in [-0.2, 0) is 11.3 Å². The molecule has 0 radical (unpaired) electrons. The van der Waals surface area contributed by atoms with Gasteiger partial charge in [0.25, 0.3) is 0 Å². The van der Waals surface area contributed by atoms with E-state index < -0.39 is 5.41 Å². The van der Waals surface area contributed by atoms with E-state index in [9.17, 15) is 4.79 Å². The largest absolute Gasteiger partial charge is 0.356 e.